The van der Waals surface area contributed by atoms with Crippen LogP contribution in [0.15, 0.2) is 18.2 Å². The lowest BCUT2D eigenvalue weighted by Crippen LogP contribution is -2.35. The van der Waals surface area contributed by atoms with Crippen molar-refractivity contribution in [1.29, 1.82) is 0 Å². The van der Waals surface area contributed by atoms with E-state index in [4.69, 9.17) is 9.84 Å². The smallest absolute Gasteiger partial charge is 0.337 e. The Morgan fingerprint density at radius 1 is 1.40 bits per heavy atom. The average molecular weight is 282 g/mol. The lowest BCUT2D eigenvalue weighted by Gasteiger charge is -2.14. The van der Waals surface area contributed by atoms with E-state index in [9.17, 15) is 14.7 Å². The SMILES string of the molecule is CCOC(C)CNC(=O)Nc1ccc(O)cc1C(=O)O. The third kappa shape index (κ3) is 4.77. The largest absolute Gasteiger partial charge is 0.508 e. The molecular weight excluding hydrogens is 264 g/mol. The van der Waals surface area contributed by atoms with Crippen molar-refractivity contribution in [3.63, 3.8) is 0 Å². The molecule has 2 amide bonds. The maximum atomic E-state index is 11.6. The number of phenols is 1. The molecule has 0 bridgehead atoms. The second-order valence-corrected chi connectivity index (χ2v) is 4.14. The first-order valence-corrected chi connectivity index (χ1v) is 6.16. The zero-order valence-electron chi connectivity index (χ0n) is 11.3. The number of aromatic carboxylic acids is 1. The van der Waals surface area contributed by atoms with E-state index in [-0.39, 0.29) is 23.1 Å². The van der Waals surface area contributed by atoms with Crippen molar-refractivity contribution in [2.24, 2.45) is 0 Å². The van der Waals surface area contributed by atoms with E-state index < -0.39 is 12.0 Å². The number of hydrogen-bond acceptors (Lipinski definition) is 4. The van der Waals surface area contributed by atoms with E-state index in [1.165, 1.54) is 12.1 Å². The molecule has 0 fully saturated rings. The molecule has 0 heterocycles. The minimum absolute atomic E-state index is 0.108. The molecule has 4 N–H and O–H groups in total. The fourth-order valence-electron chi connectivity index (χ4n) is 1.56. The number of phenolic OH excluding ortho intramolecular Hbond substituents is 1. The van der Waals surface area contributed by atoms with E-state index in [0.717, 1.165) is 6.07 Å². The third-order valence-electron chi connectivity index (χ3n) is 2.48. The fourth-order valence-corrected chi connectivity index (χ4v) is 1.56. The molecule has 0 radical (unpaired) electrons. The number of benzene rings is 1. The van der Waals surface area contributed by atoms with Gasteiger partial charge in [-0.1, -0.05) is 0 Å². The topological polar surface area (TPSA) is 108 Å². The minimum Gasteiger partial charge on any atom is -0.508 e. The summed E-state index contributed by atoms with van der Waals surface area (Å²) < 4.78 is 5.25. The van der Waals surface area contributed by atoms with Gasteiger partial charge in [0, 0.05) is 13.2 Å². The minimum atomic E-state index is -1.24. The molecule has 0 aliphatic carbocycles. The molecule has 1 aromatic rings. The molecule has 7 heteroatoms. The highest BCUT2D eigenvalue weighted by Crippen LogP contribution is 2.21. The van der Waals surface area contributed by atoms with Crippen molar-refractivity contribution in [3.05, 3.63) is 23.8 Å². The predicted molar refractivity (Wildman–Crippen MR) is 73.2 cm³/mol. The number of hydrogen-bond donors (Lipinski definition) is 4. The average Bonchev–Trinajstić information content (AvgIpc) is 2.38. The van der Waals surface area contributed by atoms with Gasteiger partial charge in [-0.15, -0.1) is 0 Å². The zero-order valence-corrected chi connectivity index (χ0v) is 11.3. The Morgan fingerprint density at radius 2 is 2.10 bits per heavy atom. The first kappa shape index (κ1) is 15.8. The van der Waals surface area contributed by atoms with E-state index in [1.807, 2.05) is 13.8 Å². The molecule has 0 aliphatic rings. The lowest BCUT2D eigenvalue weighted by atomic mass is 10.1. The van der Waals surface area contributed by atoms with Gasteiger partial charge in [-0.05, 0) is 32.0 Å². The summed E-state index contributed by atoms with van der Waals surface area (Å²) in [6.07, 6.45) is -0.135. The Kier molecular flexibility index (Phi) is 5.79. The van der Waals surface area contributed by atoms with Crippen LogP contribution in [0.25, 0.3) is 0 Å². The highest BCUT2D eigenvalue weighted by molar-refractivity contribution is 6.00. The van der Waals surface area contributed by atoms with Crippen molar-refractivity contribution in [2.75, 3.05) is 18.5 Å². The third-order valence-corrected chi connectivity index (χ3v) is 2.48. The van der Waals surface area contributed by atoms with Gasteiger partial charge in [0.1, 0.15) is 5.75 Å². The number of urea groups is 1. The summed E-state index contributed by atoms with van der Waals surface area (Å²) in [5.74, 6) is -1.42. The van der Waals surface area contributed by atoms with Gasteiger partial charge in [-0.3, -0.25) is 0 Å². The second-order valence-electron chi connectivity index (χ2n) is 4.14. The molecule has 0 aliphatic heterocycles. The molecule has 7 nitrogen and oxygen atoms in total. The van der Waals surface area contributed by atoms with Gasteiger partial charge in [-0.2, -0.15) is 0 Å². The summed E-state index contributed by atoms with van der Waals surface area (Å²) in [5, 5.41) is 23.2. The number of aromatic hydroxyl groups is 1. The summed E-state index contributed by atoms with van der Waals surface area (Å²) in [6, 6.07) is 3.15. The molecule has 0 spiro atoms. The monoisotopic (exact) mass is 282 g/mol. The van der Waals surface area contributed by atoms with Crippen molar-refractivity contribution in [2.45, 2.75) is 20.0 Å². The molecule has 20 heavy (non-hydrogen) atoms. The van der Waals surface area contributed by atoms with Crippen LogP contribution in [0.3, 0.4) is 0 Å². The number of carbonyl (C=O) groups is 2. The summed E-state index contributed by atoms with van der Waals surface area (Å²) in [5.41, 5.74) is -0.0742. The fraction of sp³-hybridized carbons (Fsp3) is 0.385. The number of anilines is 1. The Labute approximate surface area is 116 Å². The number of carbonyl (C=O) groups excluding carboxylic acids is 1. The zero-order chi connectivity index (χ0) is 15.1. The van der Waals surface area contributed by atoms with E-state index in [1.54, 1.807) is 0 Å². The van der Waals surface area contributed by atoms with Crippen LogP contribution >= 0.6 is 0 Å². The quantitative estimate of drug-likeness (QED) is 0.593. The van der Waals surface area contributed by atoms with Crippen LogP contribution in [0.4, 0.5) is 10.5 Å². The Balaban J connectivity index is 2.64. The summed E-state index contributed by atoms with van der Waals surface area (Å²) in [7, 11) is 0. The normalized spacial score (nSPS) is 11.7. The second kappa shape index (κ2) is 7.34. The van der Waals surface area contributed by atoms with Gasteiger partial charge >= 0.3 is 12.0 Å². The maximum absolute atomic E-state index is 11.6. The summed E-state index contributed by atoms with van der Waals surface area (Å²) in [4.78, 5) is 22.7. The van der Waals surface area contributed by atoms with Crippen LogP contribution in [-0.2, 0) is 4.74 Å². The number of carboxylic acid groups (broad SMARTS) is 1. The number of carboxylic acids is 1. The first-order chi connectivity index (χ1) is 9.43. The van der Waals surface area contributed by atoms with Crippen LogP contribution < -0.4 is 10.6 Å². The first-order valence-electron chi connectivity index (χ1n) is 6.16. The van der Waals surface area contributed by atoms with E-state index >= 15 is 0 Å². The highest BCUT2D eigenvalue weighted by Gasteiger charge is 2.13. The predicted octanol–water partition coefficient (Wildman–Crippen LogP) is 1.64. The van der Waals surface area contributed by atoms with E-state index in [2.05, 4.69) is 10.6 Å². The molecular formula is C13H18N2O5. The van der Waals surface area contributed by atoms with Gasteiger partial charge in [0.15, 0.2) is 0 Å². The summed E-state index contributed by atoms with van der Waals surface area (Å²) in [6.45, 7) is 4.52. The van der Waals surface area contributed by atoms with Crippen LogP contribution in [0.5, 0.6) is 5.75 Å². The molecule has 1 atom stereocenters. The Morgan fingerprint density at radius 3 is 2.70 bits per heavy atom. The standard InChI is InChI=1S/C13H18N2O5/c1-3-20-8(2)7-14-13(19)15-11-5-4-9(16)6-10(11)12(17)18/h4-6,8,16H,3,7H2,1-2H3,(H,17,18)(H2,14,15,19). The Bertz CT molecular complexity index is 490. The van der Waals surface area contributed by atoms with Crippen molar-refractivity contribution >= 4 is 17.7 Å². The van der Waals surface area contributed by atoms with Gasteiger partial charge in [0.25, 0.3) is 0 Å². The lowest BCUT2D eigenvalue weighted by molar-refractivity contribution is 0.0697. The number of ether oxygens (including phenoxy) is 1. The molecule has 0 aromatic heterocycles. The van der Waals surface area contributed by atoms with Crippen LogP contribution in [-0.4, -0.2) is 41.5 Å². The molecule has 110 valence electrons. The van der Waals surface area contributed by atoms with Crippen molar-refractivity contribution < 1.29 is 24.5 Å². The molecule has 0 saturated heterocycles. The number of amides is 2. The summed E-state index contributed by atoms with van der Waals surface area (Å²) >= 11 is 0. The van der Waals surface area contributed by atoms with Crippen LogP contribution in [0.1, 0.15) is 24.2 Å². The van der Waals surface area contributed by atoms with Gasteiger partial charge in [0.05, 0.1) is 17.4 Å². The number of nitrogens with one attached hydrogen (secondary N) is 2. The molecule has 1 unspecified atom stereocenters. The maximum Gasteiger partial charge on any atom is 0.337 e. The highest BCUT2D eigenvalue weighted by atomic mass is 16.5. The number of rotatable bonds is 6. The van der Waals surface area contributed by atoms with Crippen molar-refractivity contribution in [3.8, 4) is 5.75 Å². The van der Waals surface area contributed by atoms with Crippen LogP contribution in [0, 0.1) is 0 Å². The van der Waals surface area contributed by atoms with Crippen LogP contribution in [0.2, 0.25) is 0 Å². The molecule has 1 rings (SSSR count). The van der Waals surface area contributed by atoms with Crippen molar-refractivity contribution in [1.82, 2.24) is 5.32 Å². The molecule has 1 aromatic carbocycles. The Hall–Kier alpha value is -2.28. The van der Waals surface area contributed by atoms with E-state index in [0.29, 0.717) is 13.2 Å². The van der Waals surface area contributed by atoms with Gasteiger partial charge < -0.3 is 25.6 Å². The molecule has 0 saturated carbocycles. The van der Waals surface area contributed by atoms with Gasteiger partial charge in [0.2, 0.25) is 0 Å². The van der Waals surface area contributed by atoms with Gasteiger partial charge in [-0.25, -0.2) is 9.59 Å².